The van der Waals surface area contributed by atoms with Crippen LogP contribution in [-0.4, -0.2) is 34.9 Å². The minimum absolute atomic E-state index is 0.0140. The molecule has 31 heavy (non-hydrogen) atoms. The number of carbonyl (C=O) groups is 1. The summed E-state index contributed by atoms with van der Waals surface area (Å²) in [6, 6.07) is 17.2. The summed E-state index contributed by atoms with van der Waals surface area (Å²) in [6.45, 7) is 4.69. The highest BCUT2D eigenvalue weighted by molar-refractivity contribution is 6.02. The summed E-state index contributed by atoms with van der Waals surface area (Å²) in [7, 11) is 0. The minimum atomic E-state index is -0.418. The lowest BCUT2D eigenvalue weighted by atomic mass is 10.0. The van der Waals surface area contributed by atoms with Gasteiger partial charge in [0.1, 0.15) is 30.6 Å². The molecule has 0 atom stereocenters. The highest BCUT2D eigenvalue weighted by atomic mass is 16.6. The van der Waals surface area contributed by atoms with Gasteiger partial charge in [0, 0.05) is 23.4 Å². The Kier molecular flexibility index (Phi) is 5.72. The van der Waals surface area contributed by atoms with Gasteiger partial charge in [-0.3, -0.25) is 4.79 Å². The monoisotopic (exact) mass is 414 g/mol. The molecule has 0 unspecified atom stereocenters. The highest BCUT2D eigenvalue weighted by Gasteiger charge is 2.18. The number of aromatic nitrogens is 2. The number of nitrogens with one attached hydrogen (secondary N) is 1. The first-order valence-corrected chi connectivity index (χ1v) is 10.0. The van der Waals surface area contributed by atoms with Crippen LogP contribution in [0.25, 0.3) is 23.0 Å². The van der Waals surface area contributed by atoms with Gasteiger partial charge in [-0.1, -0.05) is 18.2 Å². The van der Waals surface area contributed by atoms with Crippen LogP contribution in [0.1, 0.15) is 19.4 Å². The summed E-state index contributed by atoms with van der Waals surface area (Å²) in [5, 5.41) is 17.1. The van der Waals surface area contributed by atoms with E-state index in [0.717, 1.165) is 11.3 Å². The van der Waals surface area contributed by atoms with E-state index < -0.39 is 5.91 Å². The fourth-order valence-electron chi connectivity index (χ4n) is 3.26. The van der Waals surface area contributed by atoms with Gasteiger partial charge in [-0.2, -0.15) is 10.4 Å². The van der Waals surface area contributed by atoms with Crippen molar-refractivity contribution in [2.75, 3.05) is 13.2 Å². The summed E-state index contributed by atoms with van der Waals surface area (Å²) in [6.07, 6.45) is 3.37. The number of amides is 1. The first-order valence-electron chi connectivity index (χ1n) is 10.0. The summed E-state index contributed by atoms with van der Waals surface area (Å²) in [4.78, 5) is 12.4. The largest absolute Gasteiger partial charge is 0.486 e. The van der Waals surface area contributed by atoms with Gasteiger partial charge in [0.05, 0.1) is 5.69 Å². The predicted octanol–water partition coefficient (Wildman–Crippen LogP) is 3.74. The number of hydrogen-bond acceptors (Lipinski definition) is 5. The van der Waals surface area contributed by atoms with Gasteiger partial charge < -0.3 is 14.8 Å². The summed E-state index contributed by atoms with van der Waals surface area (Å²) in [5.41, 5.74) is 2.96. The van der Waals surface area contributed by atoms with Gasteiger partial charge in [-0.05, 0) is 50.3 Å². The molecule has 7 nitrogen and oxygen atoms in total. The normalized spacial score (nSPS) is 13.0. The number of hydrogen-bond donors (Lipinski definition) is 1. The average Bonchev–Trinajstić information content (AvgIpc) is 3.21. The Hall–Kier alpha value is -4.05. The zero-order valence-electron chi connectivity index (χ0n) is 17.3. The Bertz CT molecular complexity index is 1170. The first kappa shape index (κ1) is 20.2. The van der Waals surface area contributed by atoms with E-state index >= 15 is 0 Å². The number of carbonyl (C=O) groups excluding carboxylic acids is 1. The smallest absolute Gasteiger partial charge is 0.262 e. The van der Waals surface area contributed by atoms with Gasteiger partial charge in [0.25, 0.3) is 5.91 Å². The lowest BCUT2D eigenvalue weighted by molar-refractivity contribution is -0.117. The Morgan fingerprint density at radius 1 is 1.16 bits per heavy atom. The van der Waals surface area contributed by atoms with Crippen molar-refractivity contribution in [2.24, 2.45) is 0 Å². The summed E-state index contributed by atoms with van der Waals surface area (Å²) < 4.78 is 13.1. The van der Waals surface area contributed by atoms with Gasteiger partial charge in [0.15, 0.2) is 11.5 Å². The second-order valence-corrected chi connectivity index (χ2v) is 7.37. The lowest BCUT2D eigenvalue weighted by Crippen LogP contribution is -2.30. The molecule has 0 spiro atoms. The standard InChI is InChI=1S/C24H22N4O3/c1-16(2)26-24(29)18(14-25)12-19-15-28(20-6-4-3-5-7-20)27-23(19)17-8-9-21-22(13-17)31-11-10-30-21/h3-9,12-13,15-16H,10-11H2,1-2H3,(H,26,29). The third-order valence-corrected chi connectivity index (χ3v) is 4.66. The number of rotatable bonds is 5. The van der Waals surface area contributed by atoms with Crippen molar-refractivity contribution in [2.45, 2.75) is 19.9 Å². The molecule has 4 rings (SSSR count). The van der Waals surface area contributed by atoms with Crippen molar-refractivity contribution < 1.29 is 14.3 Å². The molecular formula is C24H22N4O3. The topological polar surface area (TPSA) is 89.2 Å². The van der Waals surface area contributed by atoms with Crippen LogP contribution in [0.15, 0.2) is 60.3 Å². The van der Waals surface area contributed by atoms with Crippen LogP contribution >= 0.6 is 0 Å². The van der Waals surface area contributed by atoms with E-state index in [1.54, 1.807) is 10.8 Å². The van der Waals surface area contributed by atoms with Gasteiger partial charge in [-0.15, -0.1) is 0 Å². The Morgan fingerprint density at radius 3 is 2.61 bits per heavy atom. The Balaban J connectivity index is 1.82. The van der Waals surface area contributed by atoms with Crippen LogP contribution in [0.2, 0.25) is 0 Å². The minimum Gasteiger partial charge on any atom is -0.486 e. The van der Waals surface area contributed by atoms with Crippen molar-refractivity contribution in [1.82, 2.24) is 15.1 Å². The van der Waals surface area contributed by atoms with E-state index in [4.69, 9.17) is 14.6 Å². The van der Waals surface area contributed by atoms with Gasteiger partial charge >= 0.3 is 0 Å². The quantitative estimate of drug-likeness (QED) is 0.507. The lowest BCUT2D eigenvalue weighted by Gasteiger charge is -2.18. The second-order valence-electron chi connectivity index (χ2n) is 7.37. The van der Waals surface area contributed by atoms with E-state index in [1.807, 2.05) is 74.6 Å². The maximum Gasteiger partial charge on any atom is 0.262 e. The van der Waals surface area contributed by atoms with Crippen molar-refractivity contribution >= 4 is 12.0 Å². The van der Waals surface area contributed by atoms with Crippen molar-refractivity contribution in [1.29, 1.82) is 5.26 Å². The fraction of sp³-hybridized carbons (Fsp3) is 0.208. The van der Waals surface area contributed by atoms with E-state index in [9.17, 15) is 10.1 Å². The molecule has 7 heteroatoms. The molecule has 1 aliphatic heterocycles. The zero-order valence-corrected chi connectivity index (χ0v) is 17.3. The average molecular weight is 414 g/mol. The molecule has 1 N–H and O–H groups in total. The molecule has 156 valence electrons. The van der Waals surface area contributed by atoms with Crippen LogP contribution in [0, 0.1) is 11.3 Å². The maximum atomic E-state index is 12.4. The Morgan fingerprint density at radius 2 is 1.90 bits per heavy atom. The molecule has 0 bridgehead atoms. The number of benzene rings is 2. The van der Waals surface area contributed by atoms with Crippen molar-refractivity contribution in [3.8, 4) is 34.5 Å². The third-order valence-electron chi connectivity index (χ3n) is 4.66. The molecule has 0 saturated carbocycles. The van der Waals surface area contributed by atoms with Gasteiger partial charge in [-0.25, -0.2) is 4.68 Å². The molecular weight excluding hydrogens is 392 g/mol. The second kappa shape index (κ2) is 8.76. The van der Waals surface area contributed by atoms with E-state index in [0.29, 0.717) is 36.0 Å². The molecule has 2 heterocycles. The Labute approximate surface area is 180 Å². The zero-order chi connectivity index (χ0) is 21.8. The molecule has 1 aliphatic rings. The van der Waals surface area contributed by atoms with Crippen LogP contribution < -0.4 is 14.8 Å². The molecule has 0 fully saturated rings. The van der Waals surface area contributed by atoms with Crippen LogP contribution in [-0.2, 0) is 4.79 Å². The van der Waals surface area contributed by atoms with Gasteiger partial charge in [0.2, 0.25) is 0 Å². The number of para-hydroxylation sites is 1. The number of fused-ring (bicyclic) bond motifs is 1. The number of nitriles is 1. The third kappa shape index (κ3) is 4.43. The number of ether oxygens (including phenoxy) is 2. The summed E-state index contributed by atoms with van der Waals surface area (Å²) >= 11 is 0. The number of nitrogens with zero attached hydrogens (tertiary/aromatic N) is 3. The molecule has 0 saturated heterocycles. The molecule has 0 aliphatic carbocycles. The fourth-order valence-corrected chi connectivity index (χ4v) is 3.26. The molecule has 1 aromatic heterocycles. The molecule has 3 aromatic rings. The van der Waals surface area contributed by atoms with E-state index in [1.165, 1.54) is 0 Å². The van der Waals surface area contributed by atoms with E-state index in [2.05, 4.69) is 5.32 Å². The maximum absolute atomic E-state index is 12.4. The molecule has 2 aromatic carbocycles. The molecule has 1 amide bonds. The predicted molar refractivity (Wildman–Crippen MR) is 117 cm³/mol. The van der Waals surface area contributed by atoms with Crippen LogP contribution in [0.4, 0.5) is 0 Å². The highest BCUT2D eigenvalue weighted by Crippen LogP contribution is 2.35. The van der Waals surface area contributed by atoms with Crippen molar-refractivity contribution in [3.05, 3.63) is 65.9 Å². The SMILES string of the molecule is CC(C)NC(=O)C(C#N)=Cc1cn(-c2ccccc2)nc1-c1ccc2c(c1)OCCO2. The van der Waals surface area contributed by atoms with E-state index in [-0.39, 0.29) is 11.6 Å². The van der Waals surface area contributed by atoms with Crippen LogP contribution in [0.5, 0.6) is 11.5 Å². The van der Waals surface area contributed by atoms with Crippen LogP contribution in [0.3, 0.4) is 0 Å². The van der Waals surface area contributed by atoms with Crippen molar-refractivity contribution in [3.63, 3.8) is 0 Å². The molecule has 0 radical (unpaired) electrons. The first-order chi connectivity index (χ1) is 15.0. The summed E-state index contributed by atoms with van der Waals surface area (Å²) in [5.74, 6) is 0.910.